The number of hydrogen-bond donors (Lipinski definition) is 0. The Morgan fingerprint density at radius 3 is 2.71 bits per heavy atom. The van der Waals surface area contributed by atoms with E-state index in [1.165, 1.54) is 11.3 Å². The lowest BCUT2D eigenvalue weighted by Gasteiger charge is -2.40. The standard InChI is InChI=1S/C20H25ClN6O/c1-3-18(20-22-23-24-27(20)14-17-5-4-12-28-17)25-8-10-26(11-9-25)19-13-16(21)7-6-15(19)2/h4-7,12-13,18H,3,8-11,14H2,1-2H3/t18-/m0/s1. The molecule has 1 fully saturated rings. The second-order valence-corrected chi connectivity index (χ2v) is 7.59. The van der Waals surface area contributed by atoms with Gasteiger partial charge in [-0.1, -0.05) is 24.6 Å². The molecule has 8 heteroatoms. The van der Waals surface area contributed by atoms with Crippen LogP contribution in [0.5, 0.6) is 0 Å². The maximum Gasteiger partial charge on any atom is 0.168 e. The van der Waals surface area contributed by atoms with E-state index in [4.69, 9.17) is 16.0 Å². The summed E-state index contributed by atoms with van der Waals surface area (Å²) in [6.45, 7) is 8.69. The number of halogens is 1. The zero-order valence-corrected chi connectivity index (χ0v) is 17.0. The summed E-state index contributed by atoms with van der Waals surface area (Å²) in [6.07, 6.45) is 2.63. The van der Waals surface area contributed by atoms with Crippen molar-refractivity contribution in [3.63, 3.8) is 0 Å². The van der Waals surface area contributed by atoms with Crippen molar-refractivity contribution in [2.75, 3.05) is 31.1 Å². The molecule has 0 saturated carbocycles. The summed E-state index contributed by atoms with van der Waals surface area (Å²) in [5, 5.41) is 13.2. The van der Waals surface area contributed by atoms with Gasteiger partial charge in [-0.05, 0) is 53.6 Å². The fourth-order valence-corrected chi connectivity index (χ4v) is 4.08. The predicted octanol–water partition coefficient (Wildman–Crippen LogP) is 3.55. The van der Waals surface area contributed by atoms with Crippen molar-refractivity contribution in [1.82, 2.24) is 25.1 Å². The van der Waals surface area contributed by atoms with Crippen molar-refractivity contribution in [3.05, 3.63) is 58.8 Å². The average Bonchev–Trinajstić information content (AvgIpc) is 3.38. The van der Waals surface area contributed by atoms with Gasteiger partial charge in [0.05, 0.1) is 12.3 Å². The van der Waals surface area contributed by atoms with Gasteiger partial charge in [0.1, 0.15) is 12.3 Å². The third-order valence-electron chi connectivity index (χ3n) is 5.40. The summed E-state index contributed by atoms with van der Waals surface area (Å²) >= 11 is 6.21. The predicted molar refractivity (Wildman–Crippen MR) is 109 cm³/mol. The SMILES string of the molecule is CC[C@@H](c1nnnn1Cc1ccco1)N1CCN(c2cc(Cl)ccc2C)CC1. The zero-order chi connectivity index (χ0) is 19.5. The Bertz CT molecular complexity index is 901. The van der Waals surface area contributed by atoms with E-state index >= 15 is 0 Å². The topological polar surface area (TPSA) is 63.2 Å². The molecule has 0 N–H and O–H groups in total. The minimum absolute atomic E-state index is 0.188. The van der Waals surface area contributed by atoms with Crippen LogP contribution < -0.4 is 4.90 Å². The van der Waals surface area contributed by atoms with Gasteiger partial charge in [-0.15, -0.1) is 5.10 Å². The van der Waals surface area contributed by atoms with E-state index in [9.17, 15) is 0 Å². The van der Waals surface area contributed by atoms with Gasteiger partial charge in [0.25, 0.3) is 0 Å². The molecule has 4 rings (SSSR count). The summed E-state index contributed by atoms with van der Waals surface area (Å²) in [5.41, 5.74) is 2.48. The first-order valence-electron chi connectivity index (χ1n) is 9.69. The molecule has 1 aromatic carbocycles. The highest BCUT2D eigenvalue weighted by Crippen LogP contribution is 2.28. The van der Waals surface area contributed by atoms with Crippen LogP contribution in [0.2, 0.25) is 5.02 Å². The van der Waals surface area contributed by atoms with Crippen LogP contribution in [-0.4, -0.2) is 51.3 Å². The van der Waals surface area contributed by atoms with Crippen molar-refractivity contribution >= 4 is 17.3 Å². The van der Waals surface area contributed by atoms with Crippen LogP contribution in [0.3, 0.4) is 0 Å². The van der Waals surface area contributed by atoms with Crippen molar-refractivity contribution in [2.45, 2.75) is 32.9 Å². The molecule has 1 aliphatic rings. The Balaban J connectivity index is 1.46. The van der Waals surface area contributed by atoms with Gasteiger partial charge in [0.2, 0.25) is 0 Å². The molecule has 1 atom stereocenters. The molecular formula is C20H25ClN6O. The van der Waals surface area contributed by atoms with Gasteiger partial charge in [-0.2, -0.15) is 0 Å². The van der Waals surface area contributed by atoms with Crippen molar-refractivity contribution in [3.8, 4) is 0 Å². The monoisotopic (exact) mass is 400 g/mol. The molecule has 148 valence electrons. The van der Waals surface area contributed by atoms with Crippen LogP contribution >= 0.6 is 11.6 Å². The highest BCUT2D eigenvalue weighted by molar-refractivity contribution is 6.30. The minimum Gasteiger partial charge on any atom is -0.467 e. The molecular weight excluding hydrogens is 376 g/mol. The number of aromatic nitrogens is 4. The van der Waals surface area contributed by atoms with Crippen molar-refractivity contribution in [1.29, 1.82) is 0 Å². The van der Waals surface area contributed by atoms with Crippen LogP contribution in [0.1, 0.15) is 36.5 Å². The molecule has 2 aromatic heterocycles. The third-order valence-corrected chi connectivity index (χ3v) is 5.63. The minimum atomic E-state index is 0.188. The lowest BCUT2D eigenvalue weighted by Crippen LogP contribution is -2.48. The summed E-state index contributed by atoms with van der Waals surface area (Å²) < 4.78 is 7.30. The Labute approximate surface area is 169 Å². The fraction of sp³-hybridized carbons (Fsp3) is 0.450. The number of anilines is 1. The largest absolute Gasteiger partial charge is 0.467 e. The number of furan rings is 1. The molecule has 3 aromatic rings. The van der Waals surface area contributed by atoms with Gasteiger partial charge in [0.15, 0.2) is 5.82 Å². The van der Waals surface area contributed by atoms with E-state index in [-0.39, 0.29) is 6.04 Å². The van der Waals surface area contributed by atoms with Gasteiger partial charge >= 0.3 is 0 Å². The molecule has 7 nitrogen and oxygen atoms in total. The highest BCUT2D eigenvalue weighted by atomic mass is 35.5. The van der Waals surface area contributed by atoms with Crippen LogP contribution in [0.25, 0.3) is 0 Å². The molecule has 0 radical (unpaired) electrons. The molecule has 0 bridgehead atoms. The van der Waals surface area contributed by atoms with Crippen LogP contribution in [0.15, 0.2) is 41.0 Å². The van der Waals surface area contributed by atoms with E-state index in [1.54, 1.807) is 6.26 Å². The van der Waals surface area contributed by atoms with Crippen molar-refractivity contribution in [2.24, 2.45) is 0 Å². The molecule has 0 unspecified atom stereocenters. The lowest BCUT2D eigenvalue weighted by atomic mass is 10.1. The number of benzene rings is 1. The number of piperazine rings is 1. The van der Waals surface area contributed by atoms with E-state index in [2.05, 4.69) is 51.3 Å². The fourth-order valence-electron chi connectivity index (χ4n) is 3.91. The third kappa shape index (κ3) is 3.91. The van der Waals surface area contributed by atoms with Crippen LogP contribution in [-0.2, 0) is 6.54 Å². The lowest BCUT2D eigenvalue weighted by molar-refractivity contribution is 0.169. The quantitative estimate of drug-likeness (QED) is 0.630. The summed E-state index contributed by atoms with van der Waals surface area (Å²) in [4.78, 5) is 4.89. The van der Waals surface area contributed by atoms with Gasteiger partial charge < -0.3 is 9.32 Å². The Hall–Kier alpha value is -2.38. The molecule has 1 aliphatic heterocycles. The van der Waals surface area contributed by atoms with Crippen LogP contribution in [0.4, 0.5) is 5.69 Å². The number of hydrogen-bond acceptors (Lipinski definition) is 6. The summed E-state index contributed by atoms with van der Waals surface area (Å²) in [5.74, 6) is 1.75. The molecule has 3 heterocycles. The van der Waals surface area contributed by atoms with Gasteiger partial charge in [-0.25, -0.2) is 4.68 Å². The number of aryl methyl sites for hydroxylation is 1. The number of rotatable bonds is 6. The number of nitrogens with zero attached hydrogens (tertiary/aromatic N) is 6. The first-order valence-corrected chi connectivity index (χ1v) is 10.1. The first kappa shape index (κ1) is 19.0. The maximum absolute atomic E-state index is 6.21. The molecule has 0 spiro atoms. The van der Waals surface area contributed by atoms with Crippen molar-refractivity contribution < 1.29 is 4.42 Å². The zero-order valence-electron chi connectivity index (χ0n) is 16.3. The number of tetrazole rings is 1. The van der Waals surface area contributed by atoms with E-state index in [0.29, 0.717) is 6.54 Å². The molecule has 28 heavy (non-hydrogen) atoms. The Morgan fingerprint density at radius 1 is 1.18 bits per heavy atom. The van der Waals surface area contributed by atoms with E-state index < -0.39 is 0 Å². The molecule has 0 amide bonds. The molecule has 0 aliphatic carbocycles. The van der Waals surface area contributed by atoms with Gasteiger partial charge in [0, 0.05) is 36.9 Å². The first-order chi connectivity index (χ1) is 13.7. The Kier molecular flexibility index (Phi) is 5.64. The highest BCUT2D eigenvalue weighted by Gasteiger charge is 2.28. The van der Waals surface area contributed by atoms with E-state index in [1.807, 2.05) is 22.9 Å². The summed E-state index contributed by atoms with van der Waals surface area (Å²) in [6, 6.07) is 10.1. The average molecular weight is 401 g/mol. The second kappa shape index (κ2) is 8.32. The smallest absolute Gasteiger partial charge is 0.168 e. The summed E-state index contributed by atoms with van der Waals surface area (Å²) in [7, 11) is 0. The van der Waals surface area contributed by atoms with E-state index in [0.717, 1.165) is 49.2 Å². The van der Waals surface area contributed by atoms with Crippen LogP contribution in [0, 0.1) is 6.92 Å². The maximum atomic E-state index is 6.21. The second-order valence-electron chi connectivity index (χ2n) is 7.15. The Morgan fingerprint density at radius 2 is 2.00 bits per heavy atom. The normalized spacial score (nSPS) is 16.5. The van der Waals surface area contributed by atoms with Gasteiger partial charge in [-0.3, -0.25) is 4.90 Å². The molecule has 1 saturated heterocycles.